The van der Waals surface area contributed by atoms with Gasteiger partial charge < -0.3 is 10.6 Å². The SMILES string of the molecule is CN=C(NC)NCC#Cc1ccc(C(F)(F)F)cc1.I. The van der Waals surface area contributed by atoms with Crippen LogP contribution < -0.4 is 10.6 Å². The van der Waals surface area contributed by atoms with Crippen LogP contribution in [0.1, 0.15) is 11.1 Å². The molecular weight excluding hydrogens is 382 g/mol. The average molecular weight is 397 g/mol. The number of nitrogens with one attached hydrogen (secondary N) is 2. The summed E-state index contributed by atoms with van der Waals surface area (Å²) in [4.78, 5) is 3.89. The largest absolute Gasteiger partial charge is 0.416 e. The Hall–Kier alpha value is -1.43. The van der Waals surface area contributed by atoms with Crippen LogP contribution in [0.2, 0.25) is 0 Å². The van der Waals surface area contributed by atoms with Gasteiger partial charge in [0.2, 0.25) is 0 Å². The van der Waals surface area contributed by atoms with Crippen molar-refractivity contribution >= 4 is 29.9 Å². The van der Waals surface area contributed by atoms with Gasteiger partial charge in [-0.3, -0.25) is 4.99 Å². The first-order chi connectivity index (χ1) is 8.97. The Bertz CT molecular complexity index is 498. The van der Waals surface area contributed by atoms with E-state index in [9.17, 15) is 13.2 Å². The lowest BCUT2D eigenvalue weighted by atomic mass is 10.1. The summed E-state index contributed by atoms with van der Waals surface area (Å²) in [5, 5.41) is 5.73. The Morgan fingerprint density at radius 2 is 1.85 bits per heavy atom. The van der Waals surface area contributed by atoms with Gasteiger partial charge in [0.05, 0.1) is 12.1 Å². The number of nitrogens with zero attached hydrogens (tertiary/aromatic N) is 1. The highest BCUT2D eigenvalue weighted by atomic mass is 127. The number of rotatable bonds is 1. The molecule has 7 heteroatoms. The van der Waals surface area contributed by atoms with Crippen molar-refractivity contribution in [1.29, 1.82) is 0 Å². The zero-order valence-corrected chi connectivity index (χ0v) is 13.3. The maximum Gasteiger partial charge on any atom is 0.416 e. The van der Waals surface area contributed by atoms with Crippen LogP contribution in [0.15, 0.2) is 29.3 Å². The van der Waals surface area contributed by atoms with Crippen molar-refractivity contribution in [3.8, 4) is 11.8 Å². The third-order valence-corrected chi connectivity index (χ3v) is 2.25. The van der Waals surface area contributed by atoms with E-state index in [4.69, 9.17) is 0 Å². The van der Waals surface area contributed by atoms with Crippen LogP contribution in [0.5, 0.6) is 0 Å². The molecule has 0 fully saturated rings. The van der Waals surface area contributed by atoms with Crippen LogP contribution in [0.25, 0.3) is 0 Å². The van der Waals surface area contributed by atoms with Gasteiger partial charge in [-0.25, -0.2) is 0 Å². The highest BCUT2D eigenvalue weighted by molar-refractivity contribution is 14.0. The summed E-state index contributed by atoms with van der Waals surface area (Å²) < 4.78 is 37.0. The minimum atomic E-state index is -4.31. The van der Waals surface area contributed by atoms with E-state index >= 15 is 0 Å². The maximum absolute atomic E-state index is 12.3. The molecule has 0 bridgehead atoms. The van der Waals surface area contributed by atoms with Crippen LogP contribution >= 0.6 is 24.0 Å². The first kappa shape index (κ1) is 18.6. The van der Waals surface area contributed by atoms with E-state index in [2.05, 4.69) is 27.5 Å². The van der Waals surface area contributed by atoms with E-state index in [-0.39, 0.29) is 24.0 Å². The Morgan fingerprint density at radius 1 is 1.25 bits per heavy atom. The lowest BCUT2D eigenvalue weighted by molar-refractivity contribution is -0.137. The van der Waals surface area contributed by atoms with E-state index in [0.29, 0.717) is 18.1 Å². The molecule has 0 saturated heterocycles. The fourth-order valence-electron chi connectivity index (χ4n) is 1.30. The molecule has 0 saturated carbocycles. The topological polar surface area (TPSA) is 36.4 Å². The molecule has 110 valence electrons. The monoisotopic (exact) mass is 397 g/mol. The first-order valence-electron chi connectivity index (χ1n) is 5.52. The van der Waals surface area contributed by atoms with Crippen molar-refractivity contribution in [2.45, 2.75) is 6.18 Å². The number of benzene rings is 1. The fourth-order valence-corrected chi connectivity index (χ4v) is 1.30. The quantitative estimate of drug-likeness (QED) is 0.331. The standard InChI is InChI=1S/C13H14F3N3.HI/c1-17-12(18-2)19-9-3-4-10-5-7-11(8-6-10)13(14,15)16;/h5-8H,9H2,1-2H3,(H2,17,18,19);1H. The molecule has 1 rings (SSSR count). The molecular formula is C13H15F3IN3. The van der Waals surface area contributed by atoms with Gasteiger partial charge in [-0.05, 0) is 24.3 Å². The Kier molecular flexibility index (Phi) is 8.06. The minimum Gasteiger partial charge on any atom is -0.359 e. The van der Waals surface area contributed by atoms with Gasteiger partial charge in [0.25, 0.3) is 0 Å². The molecule has 0 amide bonds. The highest BCUT2D eigenvalue weighted by Crippen LogP contribution is 2.28. The number of halogens is 4. The van der Waals surface area contributed by atoms with Crippen LogP contribution in [0.4, 0.5) is 13.2 Å². The van der Waals surface area contributed by atoms with Crippen molar-refractivity contribution in [2.75, 3.05) is 20.6 Å². The predicted octanol–water partition coefficient (Wildman–Crippen LogP) is 2.47. The summed E-state index contributed by atoms with van der Waals surface area (Å²) >= 11 is 0. The van der Waals surface area contributed by atoms with Crippen molar-refractivity contribution in [3.63, 3.8) is 0 Å². The molecule has 0 spiro atoms. The first-order valence-corrected chi connectivity index (χ1v) is 5.52. The number of guanidine groups is 1. The van der Waals surface area contributed by atoms with Gasteiger partial charge >= 0.3 is 6.18 Å². The zero-order chi connectivity index (χ0) is 14.3. The predicted molar refractivity (Wildman–Crippen MR) is 84.2 cm³/mol. The van der Waals surface area contributed by atoms with Gasteiger partial charge in [-0.15, -0.1) is 24.0 Å². The average Bonchev–Trinajstić information content (AvgIpc) is 2.38. The van der Waals surface area contributed by atoms with Crippen LogP contribution in [0.3, 0.4) is 0 Å². The van der Waals surface area contributed by atoms with E-state index < -0.39 is 11.7 Å². The lowest BCUT2D eigenvalue weighted by Crippen LogP contribution is -2.34. The van der Waals surface area contributed by atoms with Crippen LogP contribution in [-0.2, 0) is 6.18 Å². The molecule has 3 nitrogen and oxygen atoms in total. The molecule has 0 aromatic heterocycles. The molecule has 0 unspecified atom stereocenters. The Balaban J connectivity index is 0.00000361. The second kappa shape index (κ2) is 8.68. The van der Waals surface area contributed by atoms with Crippen molar-refractivity contribution < 1.29 is 13.2 Å². The second-order valence-corrected chi connectivity index (χ2v) is 3.55. The summed E-state index contributed by atoms with van der Waals surface area (Å²) in [5.74, 6) is 6.16. The summed E-state index contributed by atoms with van der Waals surface area (Å²) in [6, 6.07) is 4.74. The van der Waals surface area contributed by atoms with E-state index in [1.165, 1.54) is 12.1 Å². The highest BCUT2D eigenvalue weighted by Gasteiger charge is 2.29. The Labute approximate surface area is 133 Å². The molecule has 0 aliphatic carbocycles. The normalized spacial score (nSPS) is 10.9. The second-order valence-electron chi connectivity index (χ2n) is 3.55. The third-order valence-electron chi connectivity index (χ3n) is 2.25. The lowest BCUT2D eigenvalue weighted by Gasteiger charge is -2.05. The number of aliphatic imine (C=N–C) groups is 1. The molecule has 0 atom stereocenters. The van der Waals surface area contributed by atoms with Crippen molar-refractivity contribution in [3.05, 3.63) is 35.4 Å². The molecule has 1 aromatic carbocycles. The minimum absolute atomic E-state index is 0. The number of hydrogen-bond acceptors (Lipinski definition) is 1. The van der Waals surface area contributed by atoms with E-state index in [0.717, 1.165) is 12.1 Å². The number of alkyl halides is 3. The summed E-state index contributed by atoms with van der Waals surface area (Å²) in [7, 11) is 3.35. The smallest absolute Gasteiger partial charge is 0.359 e. The van der Waals surface area contributed by atoms with Gasteiger partial charge in [0.15, 0.2) is 5.96 Å². The Morgan fingerprint density at radius 3 is 2.30 bits per heavy atom. The van der Waals surface area contributed by atoms with Crippen molar-refractivity contribution in [1.82, 2.24) is 10.6 Å². The maximum atomic E-state index is 12.3. The molecule has 0 heterocycles. The zero-order valence-electron chi connectivity index (χ0n) is 11.0. The molecule has 20 heavy (non-hydrogen) atoms. The number of hydrogen-bond donors (Lipinski definition) is 2. The molecule has 0 aliphatic heterocycles. The molecule has 0 radical (unpaired) electrons. The fraction of sp³-hybridized carbons (Fsp3) is 0.308. The van der Waals surface area contributed by atoms with Gasteiger partial charge in [-0.2, -0.15) is 13.2 Å². The summed E-state index contributed by atoms with van der Waals surface area (Å²) in [6.45, 7) is 0.356. The third kappa shape index (κ3) is 6.14. The summed E-state index contributed by atoms with van der Waals surface area (Å²) in [6.07, 6.45) is -4.31. The summed E-state index contributed by atoms with van der Waals surface area (Å²) in [5.41, 5.74) is -0.138. The van der Waals surface area contributed by atoms with Crippen molar-refractivity contribution in [2.24, 2.45) is 4.99 Å². The van der Waals surface area contributed by atoms with E-state index in [1.807, 2.05) is 0 Å². The molecule has 1 aromatic rings. The van der Waals surface area contributed by atoms with Gasteiger partial charge in [0, 0.05) is 19.7 Å². The van der Waals surface area contributed by atoms with Crippen LogP contribution in [-0.4, -0.2) is 26.6 Å². The van der Waals surface area contributed by atoms with Crippen LogP contribution in [0, 0.1) is 11.8 Å². The van der Waals surface area contributed by atoms with E-state index in [1.54, 1.807) is 14.1 Å². The van der Waals surface area contributed by atoms with Gasteiger partial charge in [0.1, 0.15) is 0 Å². The molecule has 0 aliphatic rings. The van der Waals surface area contributed by atoms with Gasteiger partial charge in [-0.1, -0.05) is 11.8 Å². The molecule has 2 N–H and O–H groups in total.